The molecule has 1 amide bonds. The summed E-state index contributed by atoms with van der Waals surface area (Å²) in [4.78, 5) is 12.7. The molecule has 0 aliphatic heterocycles. The van der Waals surface area contributed by atoms with Gasteiger partial charge in [-0.15, -0.1) is 0 Å². The van der Waals surface area contributed by atoms with Gasteiger partial charge in [0.15, 0.2) is 0 Å². The molecule has 2 nitrogen and oxygen atoms in total. The van der Waals surface area contributed by atoms with Crippen molar-refractivity contribution >= 4 is 11.6 Å². The molecular formula is C24H22F3NO. The molecule has 3 aromatic carbocycles. The highest BCUT2D eigenvalue weighted by Crippen LogP contribution is 2.31. The molecule has 0 saturated carbocycles. The van der Waals surface area contributed by atoms with E-state index in [1.807, 2.05) is 62.4 Å². The Bertz CT molecular complexity index is 914. The minimum atomic E-state index is -4.40. The summed E-state index contributed by atoms with van der Waals surface area (Å²) in [6, 6.07) is 20.5. The van der Waals surface area contributed by atoms with Gasteiger partial charge in [0, 0.05) is 18.0 Å². The van der Waals surface area contributed by atoms with Crippen molar-refractivity contribution in [1.82, 2.24) is 0 Å². The number of carbonyl (C=O) groups is 1. The molecule has 0 spiro atoms. The van der Waals surface area contributed by atoms with E-state index in [-0.39, 0.29) is 18.2 Å². The van der Waals surface area contributed by atoms with Gasteiger partial charge in [-0.2, -0.15) is 13.2 Å². The minimum Gasteiger partial charge on any atom is -0.326 e. The Labute approximate surface area is 168 Å². The van der Waals surface area contributed by atoms with E-state index in [1.54, 1.807) is 0 Å². The molecule has 0 fully saturated rings. The van der Waals surface area contributed by atoms with Crippen LogP contribution in [0.25, 0.3) is 0 Å². The van der Waals surface area contributed by atoms with Crippen molar-refractivity contribution in [3.05, 3.63) is 101 Å². The van der Waals surface area contributed by atoms with Crippen LogP contribution in [-0.2, 0) is 11.0 Å². The third-order valence-electron chi connectivity index (χ3n) is 4.84. The fraction of sp³-hybridized carbons (Fsp3) is 0.208. The van der Waals surface area contributed by atoms with Gasteiger partial charge in [-0.05, 0) is 49.2 Å². The van der Waals surface area contributed by atoms with E-state index in [0.29, 0.717) is 5.69 Å². The second-order valence-electron chi connectivity index (χ2n) is 7.20. The van der Waals surface area contributed by atoms with E-state index in [4.69, 9.17) is 0 Å². The van der Waals surface area contributed by atoms with Crippen LogP contribution in [0.5, 0.6) is 0 Å². The summed E-state index contributed by atoms with van der Waals surface area (Å²) >= 11 is 0. The van der Waals surface area contributed by atoms with Crippen molar-refractivity contribution in [2.75, 3.05) is 5.32 Å². The number of aryl methyl sites for hydroxylation is 2. The molecule has 0 heterocycles. The topological polar surface area (TPSA) is 29.1 Å². The van der Waals surface area contributed by atoms with Crippen LogP contribution in [0.2, 0.25) is 0 Å². The standard InChI is InChI=1S/C24H22F3NO/c1-16-3-7-18(8-4-16)22(19-9-5-17(2)6-10-19)15-23(29)28-21-13-11-20(12-14-21)24(25,26)27/h3-14,22H,15H2,1-2H3,(H,28,29). The number of hydrogen-bond acceptors (Lipinski definition) is 1. The smallest absolute Gasteiger partial charge is 0.326 e. The fourth-order valence-electron chi connectivity index (χ4n) is 3.17. The van der Waals surface area contributed by atoms with Gasteiger partial charge in [-0.25, -0.2) is 0 Å². The molecule has 0 unspecified atom stereocenters. The van der Waals surface area contributed by atoms with E-state index in [1.165, 1.54) is 12.1 Å². The van der Waals surface area contributed by atoms with E-state index < -0.39 is 11.7 Å². The van der Waals surface area contributed by atoms with Crippen molar-refractivity contribution in [2.45, 2.75) is 32.4 Å². The number of rotatable bonds is 5. The summed E-state index contributed by atoms with van der Waals surface area (Å²) in [6.45, 7) is 4.00. The first-order valence-electron chi connectivity index (χ1n) is 9.32. The first-order valence-corrected chi connectivity index (χ1v) is 9.32. The van der Waals surface area contributed by atoms with Crippen molar-refractivity contribution < 1.29 is 18.0 Å². The maximum Gasteiger partial charge on any atom is 0.416 e. The lowest BCUT2D eigenvalue weighted by atomic mass is 9.87. The molecule has 0 bridgehead atoms. The molecule has 0 radical (unpaired) electrons. The Morgan fingerprint density at radius 1 is 0.793 bits per heavy atom. The number of nitrogens with one attached hydrogen (secondary N) is 1. The molecule has 29 heavy (non-hydrogen) atoms. The monoisotopic (exact) mass is 397 g/mol. The molecule has 5 heteroatoms. The number of amides is 1. The van der Waals surface area contributed by atoms with Crippen LogP contribution in [0.15, 0.2) is 72.8 Å². The van der Waals surface area contributed by atoms with Crippen molar-refractivity contribution in [2.24, 2.45) is 0 Å². The molecule has 0 aliphatic rings. The SMILES string of the molecule is Cc1ccc(C(CC(=O)Nc2ccc(C(F)(F)F)cc2)c2ccc(C)cc2)cc1. The average Bonchev–Trinajstić information content (AvgIpc) is 2.67. The van der Waals surface area contributed by atoms with Crippen molar-refractivity contribution in [1.29, 1.82) is 0 Å². The van der Waals surface area contributed by atoms with Gasteiger partial charge < -0.3 is 5.32 Å². The van der Waals surface area contributed by atoms with E-state index >= 15 is 0 Å². The summed E-state index contributed by atoms with van der Waals surface area (Å²) in [7, 11) is 0. The third-order valence-corrected chi connectivity index (χ3v) is 4.84. The van der Waals surface area contributed by atoms with E-state index in [0.717, 1.165) is 34.4 Å². The summed E-state index contributed by atoms with van der Waals surface area (Å²) in [5, 5.41) is 2.71. The maximum atomic E-state index is 12.7. The van der Waals surface area contributed by atoms with Crippen LogP contribution in [0.4, 0.5) is 18.9 Å². The lowest BCUT2D eigenvalue weighted by molar-refractivity contribution is -0.137. The zero-order valence-electron chi connectivity index (χ0n) is 16.3. The third kappa shape index (κ3) is 5.47. The molecule has 1 N–H and O–H groups in total. The summed E-state index contributed by atoms with van der Waals surface area (Å²) in [5.74, 6) is -0.401. The number of halogens is 3. The number of hydrogen-bond donors (Lipinski definition) is 1. The predicted octanol–water partition coefficient (Wildman–Crippen LogP) is 6.48. The Hall–Kier alpha value is -3.08. The normalized spacial score (nSPS) is 11.5. The first-order chi connectivity index (χ1) is 13.7. The summed E-state index contributed by atoms with van der Waals surface area (Å²) in [5.41, 5.74) is 3.89. The Balaban J connectivity index is 1.79. The second-order valence-corrected chi connectivity index (χ2v) is 7.20. The van der Waals surface area contributed by atoms with Crippen LogP contribution >= 0.6 is 0 Å². The van der Waals surface area contributed by atoms with Gasteiger partial charge in [0.25, 0.3) is 0 Å². The van der Waals surface area contributed by atoms with E-state index in [9.17, 15) is 18.0 Å². The average molecular weight is 397 g/mol. The quantitative estimate of drug-likeness (QED) is 0.524. The number of anilines is 1. The molecule has 3 aromatic rings. The van der Waals surface area contributed by atoms with Crippen molar-refractivity contribution in [3.63, 3.8) is 0 Å². The Morgan fingerprint density at radius 2 is 1.24 bits per heavy atom. The second kappa shape index (κ2) is 8.52. The first kappa shape index (κ1) is 20.6. The number of benzene rings is 3. The van der Waals surface area contributed by atoms with E-state index in [2.05, 4.69) is 5.32 Å². The highest BCUT2D eigenvalue weighted by Gasteiger charge is 2.30. The molecule has 150 valence electrons. The Morgan fingerprint density at radius 3 is 1.66 bits per heavy atom. The zero-order valence-corrected chi connectivity index (χ0v) is 16.3. The van der Waals surface area contributed by atoms with Gasteiger partial charge in [-0.3, -0.25) is 4.79 Å². The maximum absolute atomic E-state index is 12.7. The van der Waals surface area contributed by atoms with Gasteiger partial charge >= 0.3 is 6.18 Å². The fourth-order valence-corrected chi connectivity index (χ4v) is 3.17. The minimum absolute atomic E-state index is 0.148. The molecule has 0 atom stereocenters. The lowest BCUT2D eigenvalue weighted by Gasteiger charge is -2.19. The molecular weight excluding hydrogens is 375 g/mol. The Kier molecular flexibility index (Phi) is 6.06. The van der Waals surface area contributed by atoms with Crippen LogP contribution in [-0.4, -0.2) is 5.91 Å². The van der Waals surface area contributed by atoms with Gasteiger partial charge in [0.1, 0.15) is 0 Å². The van der Waals surface area contributed by atoms with Crippen LogP contribution in [0.3, 0.4) is 0 Å². The van der Waals surface area contributed by atoms with Crippen LogP contribution in [0.1, 0.15) is 40.2 Å². The van der Waals surface area contributed by atoms with Crippen LogP contribution < -0.4 is 5.32 Å². The summed E-state index contributed by atoms with van der Waals surface area (Å²) < 4.78 is 38.1. The zero-order chi connectivity index (χ0) is 21.0. The van der Waals surface area contributed by atoms with Gasteiger partial charge in [0.2, 0.25) is 5.91 Å². The largest absolute Gasteiger partial charge is 0.416 e. The number of carbonyl (C=O) groups excluding carboxylic acids is 1. The predicted molar refractivity (Wildman–Crippen MR) is 109 cm³/mol. The molecule has 0 aromatic heterocycles. The van der Waals surface area contributed by atoms with Crippen molar-refractivity contribution in [3.8, 4) is 0 Å². The molecule has 0 saturated heterocycles. The molecule has 0 aliphatic carbocycles. The van der Waals surface area contributed by atoms with Gasteiger partial charge in [-0.1, -0.05) is 59.7 Å². The van der Waals surface area contributed by atoms with Gasteiger partial charge in [0.05, 0.1) is 5.56 Å². The summed E-state index contributed by atoms with van der Waals surface area (Å²) in [6.07, 6.45) is -4.21. The molecule has 3 rings (SSSR count). The van der Waals surface area contributed by atoms with Crippen LogP contribution in [0, 0.1) is 13.8 Å². The highest BCUT2D eigenvalue weighted by molar-refractivity contribution is 5.91. The number of alkyl halides is 3. The lowest BCUT2D eigenvalue weighted by Crippen LogP contribution is -2.16. The highest BCUT2D eigenvalue weighted by atomic mass is 19.4.